The van der Waals surface area contributed by atoms with Crippen LogP contribution in [0.3, 0.4) is 0 Å². The quantitative estimate of drug-likeness (QED) is 0.753. The molecule has 1 aromatic heterocycles. The van der Waals surface area contributed by atoms with Gasteiger partial charge in [0.1, 0.15) is 23.1 Å². The zero-order chi connectivity index (χ0) is 18.1. The average molecular weight is 346 g/mol. The third-order valence-corrected chi connectivity index (χ3v) is 3.13. The summed E-state index contributed by atoms with van der Waals surface area (Å²) in [7, 11) is 0. The molecule has 0 bridgehead atoms. The first-order chi connectivity index (χ1) is 11.1. The van der Waals surface area contributed by atoms with Crippen molar-refractivity contribution in [1.29, 1.82) is 0 Å². The first-order valence-electron chi connectivity index (χ1n) is 6.62. The van der Waals surface area contributed by atoms with Crippen molar-refractivity contribution in [3.8, 4) is 5.75 Å². The van der Waals surface area contributed by atoms with Crippen molar-refractivity contribution in [2.75, 3.05) is 6.61 Å². The molecule has 1 atom stereocenters. The Morgan fingerprint density at radius 1 is 1.42 bits per heavy atom. The van der Waals surface area contributed by atoms with Gasteiger partial charge < -0.3 is 25.3 Å². The summed E-state index contributed by atoms with van der Waals surface area (Å²) in [4.78, 5) is 23.3. The fourth-order valence-corrected chi connectivity index (χ4v) is 2.12. The Labute approximate surface area is 133 Å². The number of ether oxygens (including phenoxy) is 1. The van der Waals surface area contributed by atoms with Gasteiger partial charge in [-0.2, -0.15) is 0 Å². The van der Waals surface area contributed by atoms with E-state index >= 15 is 0 Å². The lowest BCUT2D eigenvalue weighted by Crippen LogP contribution is -2.46. The second kappa shape index (κ2) is 6.40. The molecule has 0 unspecified atom stereocenters. The zero-order valence-corrected chi connectivity index (χ0v) is 12.3. The van der Waals surface area contributed by atoms with Crippen molar-refractivity contribution in [1.82, 2.24) is 5.32 Å². The van der Waals surface area contributed by atoms with Crippen LogP contribution in [0.2, 0.25) is 0 Å². The van der Waals surface area contributed by atoms with Crippen molar-refractivity contribution < 1.29 is 37.0 Å². The number of aryl methyl sites for hydroxylation is 1. The van der Waals surface area contributed by atoms with Gasteiger partial charge in [-0.1, -0.05) is 0 Å². The van der Waals surface area contributed by atoms with E-state index in [1.165, 1.54) is 13.0 Å². The lowest BCUT2D eigenvalue weighted by atomic mass is 10.1. The number of primary amides is 1. The standard InChI is InChI=1S/C14H13F3N2O5/c1-6-11(13(22)19-9(5-20)12(18)21)8-4-7(24-14(15,16)17)2-3-10(8)23-6/h2-4,9,20H,5H2,1H3,(H2,18,21)(H,19,22)/t9-/m0/s1. The van der Waals surface area contributed by atoms with E-state index in [2.05, 4.69) is 10.1 Å². The summed E-state index contributed by atoms with van der Waals surface area (Å²) < 4.78 is 46.0. The van der Waals surface area contributed by atoms with E-state index < -0.39 is 36.6 Å². The minimum absolute atomic E-state index is 0.0629. The molecule has 0 aliphatic heterocycles. The molecule has 1 aromatic carbocycles. The number of aliphatic hydroxyl groups excluding tert-OH is 1. The molecular formula is C14H13F3N2O5. The molecule has 4 N–H and O–H groups in total. The maximum atomic E-state index is 12.3. The van der Waals surface area contributed by atoms with Crippen LogP contribution in [-0.4, -0.2) is 35.9 Å². The van der Waals surface area contributed by atoms with Crippen molar-refractivity contribution in [3.63, 3.8) is 0 Å². The van der Waals surface area contributed by atoms with Crippen molar-refractivity contribution in [2.45, 2.75) is 19.3 Å². The van der Waals surface area contributed by atoms with E-state index in [4.69, 9.17) is 15.3 Å². The Balaban J connectivity index is 2.41. The summed E-state index contributed by atoms with van der Waals surface area (Å²) >= 11 is 0. The van der Waals surface area contributed by atoms with Crippen LogP contribution < -0.4 is 15.8 Å². The highest BCUT2D eigenvalue weighted by molar-refractivity contribution is 6.08. The van der Waals surface area contributed by atoms with Crippen molar-refractivity contribution in [3.05, 3.63) is 29.5 Å². The third-order valence-electron chi connectivity index (χ3n) is 3.13. The van der Waals surface area contributed by atoms with Crippen LogP contribution in [0.5, 0.6) is 5.75 Å². The van der Waals surface area contributed by atoms with Crippen molar-refractivity contribution in [2.24, 2.45) is 5.73 Å². The minimum Gasteiger partial charge on any atom is -0.461 e. The van der Waals surface area contributed by atoms with E-state index in [9.17, 15) is 22.8 Å². The van der Waals surface area contributed by atoms with E-state index in [0.717, 1.165) is 12.1 Å². The molecule has 130 valence electrons. The highest BCUT2D eigenvalue weighted by Gasteiger charge is 2.31. The molecule has 2 amide bonds. The van der Waals surface area contributed by atoms with Gasteiger partial charge in [0.15, 0.2) is 0 Å². The Kier molecular flexibility index (Phi) is 4.69. The van der Waals surface area contributed by atoms with E-state index in [1.54, 1.807) is 0 Å². The normalized spacial score (nSPS) is 12.9. The molecule has 0 spiro atoms. The predicted molar refractivity (Wildman–Crippen MR) is 75.2 cm³/mol. The van der Waals surface area contributed by atoms with Gasteiger partial charge in [0.25, 0.3) is 5.91 Å². The highest BCUT2D eigenvalue weighted by atomic mass is 19.4. The second-order valence-corrected chi connectivity index (χ2v) is 4.85. The number of carbonyl (C=O) groups is 2. The summed E-state index contributed by atoms with van der Waals surface area (Å²) in [5, 5.41) is 11.3. The number of halogens is 3. The number of nitrogens with two attached hydrogens (primary N) is 1. The third kappa shape index (κ3) is 3.77. The fraction of sp³-hybridized carbons (Fsp3) is 0.286. The van der Waals surface area contributed by atoms with E-state index in [1.807, 2.05) is 0 Å². The lowest BCUT2D eigenvalue weighted by molar-refractivity contribution is -0.274. The number of alkyl halides is 3. The van der Waals surface area contributed by atoms with E-state index in [-0.39, 0.29) is 22.3 Å². The second-order valence-electron chi connectivity index (χ2n) is 4.85. The van der Waals surface area contributed by atoms with Crippen LogP contribution in [-0.2, 0) is 4.79 Å². The Morgan fingerprint density at radius 3 is 2.62 bits per heavy atom. The number of hydrogen-bond donors (Lipinski definition) is 3. The minimum atomic E-state index is -4.89. The number of nitrogens with one attached hydrogen (secondary N) is 1. The molecule has 2 aromatic rings. The van der Waals surface area contributed by atoms with Gasteiger partial charge in [-0.3, -0.25) is 9.59 Å². The average Bonchev–Trinajstić information content (AvgIpc) is 2.77. The molecule has 0 fully saturated rings. The Bertz CT molecular complexity index is 785. The molecule has 0 saturated heterocycles. The smallest absolute Gasteiger partial charge is 0.461 e. The van der Waals surface area contributed by atoms with Crippen LogP contribution in [0.4, 0.5) is 13.2 Å². The molecule has 1 heterocycles. The van der Waals surface area contributed by atoms with Gasteiger partial charge in [-0.05, 0) is 25.1 Å². The van der Waals surface area contributed by atoms with Gasteiger partial charge in [0.2, 0.25) is 5.91 Å². The first-order valence-corrected chi connectivity index (χ1v) is 6.62. The number of fused-ring (bicyclic) bond motifs is 1. The molecule has 0 aliphatic carbocycles. The topological polar surface area (TPSA) is 115 Å². The van der Waals surface area contributed by atoms with Crippen LogP contribution in [0.25, 0.3) is 11.0 Å². The fourth-order valence-electron chi connectivity index (χ4n) is 2.12. The Hall–Kier alpha value is -2.75. The summed E-state index contributed by atoms with van der Waals surface area (Å²) in [6.45, 7) is 0.704. The van der Waals surface area contributed by atoms with Crippen LogP contribution in [0.1, 0.15) is 16.1 Å². The molecule has 7 nitrogen and oxygen atoms in total. The number of furan rings is 1. The summed E-state index contributed by atoms with van der Waals surface area (Å²) in [6.07, 6.45) is -4.89. The number of aliphatic hydroxyl groups is 1. The van der Waals surface area contributed by atoms with E-state index in [0.29, 0.717) is 0 Å². The van der Waals surface area contributed by atoms with Crippen LogP contribution in [0.15, 0.2) is 22.6 Å². The van der Waals surface area contributed by atoms with Gasteiger partial charge in [0, 0.05) is 5.39 Å². The van der Waals surface area contributed by atoms with Gasteiger partial charge in [-0.15, -0.1) is 13.2 Å². The maximum Gasteiger partial charge on any atom is 0.573 e. The predicted octanol–water partition coefficient (Wildman–Crippen LogP) is 1.22. The van der Waals surface area contributed by atoms with Crippen LogP contribution >= 0.6 is 0 Å². The molecule has 0 radical (unpaired) electrons. The monoisotopic (exact) mass is 346 g/mol. The zero-order valence-electron chi connectivity index (χ0n) is 12.3. The number of carbonyl (C=O) groups excluding carboxylic acids is 2. The molecule has 24 heavy (non-hydrogen) atoms. The van der Waals surface area contributed by atoms with Gasteiger partial charge in [0.05, 0.1) is 12.2 Å². The molecule has 2 rings (SSSR count). The SMILES string of the molecule is Cc1oc2ccc(OC(F)(F)F)cc2c1C(=O)N[C@@H](CO)C(N)=O. The lowest BCUT2D eigenvalue weighted by Gasteiger charge is -2.12. The molecule has 10 heteroatoms. The summed E-state index contributed by atoms with van der Waals surface area (Å²) in [5.74, 6) is -2.20. The Morgan fingerprint density at radius 2 is 2.08 bits per heavy atom. The van der Waals surface area contributed by atoms with Crippen molar-refractivity contribution >= 4 is 22.8 Å². The molecule has 0 saturated carbocycles. The van der Waals surface area contributed by atoms with Crippen LogP contribution in [0, 0.1) is 6.92 Å². The summed E-state index contributed by atoms with van der Waals surface area (Å²) in [5.41, 5.74) is 5.08. The first kappa shape index (κ1) is 17.6. The number of rotatable bonds is 5. The maximum absolute atomic E-state index is 12.3. The number of benzene rings is 1. The number of amides is 2. The molecule has 0 aliphatic rings. The van der Waals surface area contributed by atoms with Gasteiger partial charge >= 0.3 is 6.36 Å². The highest BCUT2D eigenvalue weighted by Crippen LogP contribution is 2.31. The number of hydrogen-bond acceptors (Lipinski definition) is 5. The summed E-state index contributed by atoms with van der Waals surface area (Å²) in [6, 6.07) is 1.92. The largest absolute Gasteiger partial charge is 0.573 e. The van der Waals surface area contributed by atoms with Gasteiger partial charge in [-0.25, -0.2) is 0 Å². The molecular weight excluding hydrogens is 333 g/mol.